The molecule has 1 atom stereocenters. The number of benzene rings is 2. The molecule has 23 heavy (non-hydrogen) atoms. The van der Waals surface area contributed by atoms with Gasteiger partial charge in [0.2, 0.25) is 5.91 Å². The molecule has 0 fully saturated rings. The summed E-state index contributed by atoms with van der Waals surface area (Å²) in [6.07, 6.45) is 0.859. The fraction of sp³-hybridized carbons (Fsp3) is 0.222. The summed E-state index contributed by atoms with van der Waals surface area (Å²) in [5, 5.41) is 9.21. The number of nitrogens with zero attached hydrogens (tertiary/aromatic N) is 1. The van der Waals surface area contributed by atoms with E-state index in [2.05, 4.69) is 0 Å². The fourth-order valence-electron chi connectivity index (χ4n) is 2.92. The molecule has 1 N–H and O–H groups in total. The Morgan fingerprint density at radius 3 is 2.65 bits per heavy atom. The smallest absolute Gasteiger partial charge is 0.336 e. The number of amides is 1. The zero-order valence-electron chi connectivity index (χ0n) is 12.7. The lowest BCUT2D eigenvalue weighted by molar-refractivity contribution is -0.116. The van der Waals surface area contributed by atoms with Crippen molar-refractivity contribution in [3.63, 3.8) is 0 Å². The van der Waals surface area contributed by atoms with Crippen LogP contribution in [0.2, 0.25) is 0 Å². The quantitative estimate of drug-likeness (QED) is 0.874. The highest BCUT2D eigenvalue weighted by Crippen LogP contribution is 2.33. The lowest BCUT2D eigenvalue weighted by Gasteiger charge is -2.22. The molecular formula is C18H17NO3S. The molecule has 118 valence electrons. The first-order valence-corrected chi connectivity index (χ1v) is 8.41. The molecule has 1 amide bonds. The minimum absolute atomic E-state index is 0.00708. The van der Waals surface area contributed by atoms with Crippen LogP contribution < -0.4 is 4.90 Å². The SMILES string of the molecule is CC1Cc2ccccc2N1C(=O)CSc1ccccc1C(=O)O. The summed E-state index contributed by atoms with van der Waals surface area (Å²) >= 11 is 1.27. The standard InChI is InChI=1S/C18H17NO3S/c1-12-10-13-6-2-4-8-15(13)19(12)17(20)11-23-16-9-5-3-7-14(16)18(21)22/h2-9,12H,10-11H2,1H3,(H,21,22). The van der Waals surface area contributed by atoms with E-state index >= 15 is 0 Å². The highest BCUT2D eigenvalue weighted by Gasteiger charge is 2.30. The molecule has 0 bridgehead atoms. The van der Waals surface area contributed by atoms with Crippen molar-refractivity contribution < 1.29 is 14.7 Å². The largest absolute Gasteiger partial charge is 0.478 e. The molecule has 5 heteroatoms. The Kier molecular flexibility index (Phi) is 4.39. The van der Waals surface area contributed by atoms with Crippen LogP contribution in [0.4, 0.5) is 5.69 Å². The third kappa shape index (κ3) is 3.10. The Bertz CT molecular complexity index is 759. The van der Waals surface area contributed by atoms with Crippen molar-refractivity contribution in [3.05, 3.63) is 59.7 Å². The van der Waals surface area contributed by atoms with Crippen LogP contribution in [0.1, 0.15) is 22.8 Å². The van der Waals surface area contributed by atoms with Gasteiger partial charge in [0, 0.05) is 16.6 Å². The maximum Gasteiger partial charge on any atom is 0.336 e. The van der Waals surface area contributed by atoms with Gasteiger partial charge in [0.15, 0.2) is 0 Å². The maximum atomic E-state index is 12.6. The summed E-state index contributed by atoms with van der Waals surface area (Å²) in [5.41, 5.74) is 2.39. The van der Waals surface area contributed by atoms with Crippen molar-refractivity contribution in [2.75, 3.05) is 10.7 Å². The van der Waals surface area contributed by atoms with Gasteiger partial charge in [-0.1, -0.05) is 30.3 Å². The normalized spacial score (nSPS) is 16.2. The predicted molar refractivity (Wildman–Crippen MR) is 91.2 cm³/mol. The highest BCUT2D eigenvalue weighted by molar-refractivity contribution is 8.00. The Morgan fingerprint density at radius 1 is 1.17 bits per heavy atom. The van der Waals surface area contributed by atoms with E-state index in [1.807, 2.05) is 36.1 Å². The molecule has 0 radical (unpaired) electrons. The first-order chi connectivity index (χ1) is 11.1. The first kappa shape index (κ1) is 15.6. The van der Waals surface area contributed by atoms with E-state index in [0.29, 0.717) is 4.90 Å². The third-order valence-electron chi connectivity index (χ3n) is 3.94. The van der Waals surface area contributed by atoms with Gasteiger partial charge >= 0.3 is 5.97 Å². The molecule has 4 nitrogen and oxygen atoms in total. The molecule has 2 aromatic carbocycles. The number of carbonyl (C=O) groups is 2. The minimum Gasteiger partial charge on any atom is -0.478 e. The van der Waals surface area contributed by atoms with Crippen LogP contribution in [-0.4, -0.2) is 28.8 Å². The van der Waals surface area contributed by atoms with E-state index in [4.69, 9.17) is 0 Å². The van der Waals surface area contributed by atoms with Gasteiger partial charge in [-0.2, -0.15) is 0 Å². The van der Waals surface area contributed by atoms with Gasteiger partial charge in [-0.05, 0) is 37.1 Å². The molecule has 3 rings (SSSR count). The molecule has 1 aliphatic heterocycles. The van der Waals surface area contributed by atoms with Gasteiger partial charge in [-0.25, -0.2) is 4.79 Å². The van der Waals surface area contributed by atoms with Crippen LogP contribution in [0.25, 0.3) is 0 Å². The monoisotopic (exact) mass is 327 g/mol. The van der Waals surface area contributed by atoms with Crippen molar-refractivity contribution in [3.8, 4) is 0 Å². The van der Waals surface area contributed by atoms with E-state index in [-0.39, 0.29) is 23.3 Å². The average molecular weight is 327 g/mol. The Hall–Kier alpha value is -2.27. The second-order valence-corrected chi connectivity index (χ2v) is 6.55. The lowest BCUT2D eigenvalue weighted by Crippen LogP contribution is -2.37. The summed E-state index contributed by atoms with van der Waals surface area (Å²) < 4.78 is 0. The molecular weight excluding hydrogens is 310 g/mol. The van der Waals surface area contributed by atoms with Gasteiger partial charge in [-0.15, -0.1) is 11.8 Å². The van der Waals surface area contributed by atoms with E-state index in [0.717, 1.165) is 12.1 Å². The van der Waals surface area contributed by atoms with Crippen molar-refractivity contribution in [2.24, 2.45) is 0 Å². The Morgan fingerprint density at radius 2 is 1.87 bits per heavy atom. The van der Waals surface area contributed by atoms with E-state index in [1.54, 1.807) is 24.3 Å². The molecule has 0 aromatic heterocycles. The van der Waals surface area contributed by atoms with Crippen molar-refractivity contribution in [2.45, 2.75) is 24.3 Å². The number of hydrogen-bond acceptors (Lipinski definition) is 3. The van der Waals surface area contributed by atoms with E-state index < -0.39 is 5.97 Å². The molecule has 1 aliphatic rings. The second kappa shape index (κ2) is 6.46. The molecule has 0 aliphatic carbocycles. The number of fused-ring (bicyclic) bond motifs is 1. The number of carbonyl (C=O) groups excluding carboxylic acids is 1. The van der Waals surface area contributed by atoms with E-state index in [9.17, 15) is 14.7 Å². The van der Waals surface area contributed by atoms with Crippen LogP contribution >= 0.6 is 11.8 Å². The molecule has 0 saturated heterocycles. The topological polar surface area (TPSA) is 57.6 Å². The van der Waals surface area contributed by atoms with Crippen LogP contribution in [0, 0.1) is 0 Å². The van der Waals surface area contributed by atoms with Crippen molar-refractivity contribution in [1.29, 1.82) is 0 Å². The van der Waals surface area contributed by atoms with Gasteiger partial charge in [0.25, 0.3) is 0 Å². The molecule has 1 unspecified atom stereocenters. The van der Waals surface area contributed by atoms with Crippen LogP contribution in [-0.2, 0) is 11.2 Å². The maximum absolute atomic E-state index is 12.6. The highest BCUT2D eigenvalue weighted by atomic mass is 32.2. The molecule has 2 aromatic rings. The third-order valence-corrected chi connectivity index (χ3v) is 5.00. The second-order valence-electron chi connectivity index (χ2n) is 5.54. The number of anilines is 1. The van der Waals surface area contributed by atoms with Crippen LogP contribution in [0.3, 0.4) is 0 Å². The number of para-hydroxylation sites is 1. The Labute approximate surface area is 139 Å². The number of carboxylic acids is 1. The Balaban J connectivity index is 1.75. The van der Waals surface area contributed by atoms with Gasteiger partial charge in [-0.3, -0.25) is 4.79 Å². The molecule has 1 heterocycles. The number of carboxylic acid groups (broad SMARTS) is 1. The summed E-state index contributed by atoms with van der Waals surface area (Å²) in [6.45, 7) is 2.04. The summed E-state index contributed by atoms with van der Waals surface area (Å²) in [7, 11) is 0. The zero-order valence-corrected chi connectivity index (χ0v) is 13.5. The predicted octanol–water partition coefficient (Wildman–Crippen LogP) is 3.45. The number of hydrogen-bond donors (Lipinski definition) is 1. The van der Waals surface area contributed by atoms with Crippen molar-refractivity contribution in [1.82, 2.24) is 0 Å². The molecule has 0 spiro atoms. The first-order valence-electron chi connectivity index (χ1n) is 7.43. The van der Waals surface area contributed by atoms with Crippen molar-refractivity contribution >= 4 is 29.3 Å². The van der Waals surface area contributed by atoms with Gasteiger partial charge in [0.05, 0.1) is 11.3 Å². The van der Waals surface area contributed by atoms with Gasteiger partial charge < -0.3 is 10.0 Å². The van der Waals surface area contributed by atoms with Crippen LogP contribution in [0.5, 0.6) is 0 Å². The number of aromatic carboxylic acids is 1. The molecule has 0 saturated carbocycles. The minimum atomic E-state index is -0.972. The summed E-state index contributed by atoms with van der Waals surface area (Å²) in [4.78, 5) is 26.3. The number of thioether (sulfide) groups is 1. The fourth-order valence-corrected chi connectivity index (χ4v) is 3.83. The van der Waals surface area contributed by atoms with Crippen LogP contribution in [0.15, 0.2) is 53.4 Å². The number of rotatable bonds is 4. The zero-order chi connectivity index (χ0) is 16.4. The van der Waals surface area contributed by atoms with E-state index in [1.165, 1.54) is 17.3 Å². The lowest BCUT2D eigenvalue weighted by atomic mass is 10.1. The van der Waals surface area contributed by atoms with Gasteiger partial charge in [0.1, 0.15) is 0 Å². The summed E-state index contributed by atoms with van der Waals surface area (Å²) in [6, 6.07) is 14.8. The summed E-state index contributed by atoms with van der Waals surface area (Å²) in [5.74, 6) is -0.740. The average Bonchev–Trinajstić information content (AvgIpc) is 2.88.